The van der Waals surface area contributed by atoms with Crippen molar-refractivity contribution < 1.29 is 0 Å². The quantitative estimate of drug-likeness (QED) is 0.624. The van der Waals surface area contributed by atoms with Crippen LogP contribution in [0.2, 0.25) is 0 Å². The number of aromatic nitrogens is 1. The highest BCUT2D eigenvalue weighted by atomic mass is 32.1. The Morgan fingerprint density at radius 1 is 1.47 bits per heavy atom. The number of nitrogens with one attached hydrogen (secondary N) is 1. The number of hydrazine groups is 1. The molecule has 2 heterocycles. The van der Waals surface area contributed by atoms with Crippen LogP contribution in [-0.4, -0.2) is 11.0 Å². The summed E-state index contributed by atoms with van der Waals surface area (Å²) in [5.74, 6) is 5.60. The van der Waals surface area contributed by atoms with Crippen molar-refractivity contribution in [3.05, 3.63) is 38.5 Å². The first-order valence-electron chi connectivity index (χ1n) is 5.66. The van der Waals surface area contributed by atoms with E-state index < -0.39 is 0 Å². The molecule has 0 spiro atoms. The summed E-state index contributed by atoms with van der Waals surface area (Å²) in [6, 6.07) is 2.47. The van der Waals surface area contributed by atoms with Crippen LogP contribution in [0.4, 0.5) is 0 Å². The van der Waals surface area contributed by atoms with E-state index >= 15 is 0 Å². The molecule has 1 unspecified atom stereocenters. The van der Waals surface area contributed by atoms with Crippen LogP contribution in [0.5, 0.6) is 0 Å². The summed E-state index contributed by atoms with van der Waals surface area (Å²) >= 11 is 3.44. The molecule has 2 rings (SSSR count). The molecule has 17 heavy (non-hydrogen) atoms. The fourth-order valence-corrected chi connectivity index (χ4v) is 3.10. The van der Waals surface area contributed by atoms with E-state index in [1.165, 1.54) is 5.56 Å². The molecule has 0 aliphatic heterocycles. The molecule has 0 saturated carbocycles. The zero-order valence-electron chi connectivity index (χ0n) is 9.85. The third-order valence-electron chi connectivity index (χ3n) is 2.72. The Morgan fingerprint density at radius 2 is 2.35 bits per heavy atom. The number of hydrogen-bond acceptors (Lipinski definition) is 5. The molecular formula is C12H17N3S2. The molecule has 2 aromatic rings. The molecule has 5 heteroatoms. The summed E-state index contributed by atoms with van der Waals surface area (Å²) in [5, 5.41) is 7.54. The van der Waals surface area contributed by atoms with Gasteiger partial charge in [-0.25, -0.2) is 4.98 Å². The lowest BCUT2D eigenvalue weighted by Crippen LogP contribution is -2.37. The Kier molecular flexibility index (Phi) is 4.67. The van der Waals surface area contributed by atoms with Crippen LogP contribution < -0.4 is 11.3 Å². The van der Waals surface area contributed by atoms with Gasteiger partial charge in [-0.05, 0) is 42.2 Å². The van der Waals surface area contributed by atoms with Gasteiger partial charge in [0.05, 0.1) is 10.7 Å². The van der Waals surface area contributed by atoms with Gasteiger partial charge in [-0.3, -0.25) is 11.3 Å². The minimum absolute atomic E-state index is 0.302. The maximum Gasteiger partial charge on any atom is 0.0897 e. The van der Waals surface area contributed by atoms with Gasteiger partial charge in [0.25, 0.3) is 0 Å². The number of nitrogens with two attached hydrogens (primary N) is 1. The van der Waals surface area contributed by atoms with Crippen molar-refractivity contribution in [2.45, 2.75) is 32.2 Å². The second-order valence-corrected chi connectivity index (χ2v) is 5.94. The van der Waals surface area contributed by atoms with Crippen LogP contribution in [0.3, 0.4) is 0 Å². The molecular weight excluding hydrogens is 250 g/mol. The predicted molar refractivity (Wildman–Crippen MR) is 74.3 cm³/mol. The maximum absolute atomic E-state index is 5.60. The van der Waals surface area contributed by atoms with Crippen LogP contribution in [0.25, 0.3) is 0 Å². The van der Waals surface area contributed by atoms with Gasteiger partial charge in [-0.1, -0.05) is 0 Å². The molecule has 1 atom stereocenters. The van der Waals surface area contributed by atoms with E-state index in [2.05, 4.69) is 32.6 Å². The van der Waals surface area contributed by atoms with Crippen molar-refractivity contribution in [3.8, 4) is 0 Å². The number of thiophene rings is 1. The monoisotopic (exact) mass is 267 g/mol. The molecule has 0 aromatic carbocycles. The van der Waals surface area contributed by atoms with Gasteiger partial charge in [-0.15, -0.1) is 11.3 Å². The van der Waals surface area contributed by atoms with Crippen molar-refractivity contribution in [1.82, 2.24) is 10.4 Å². The first kappa shape index (κ1) is 12.7. The van der Waals surface area contributed by atoms with Crippen molar-refractivity contribution in [3.63, 3.8) is 0 Å². The van der Waals surface area contributed by atoms with Crippen LogP contribution >= 0.6 is 22.7 Å². The van der Waals surface area contributed by atoms with Gasteiger partial charge in [0.2, 0.25) is 0 Å². The van der Waals surface area contributed by atoms with Gasteiger partial charge in [0.15, 0.2) is 0 Å². The Hall–Kier alpha value is -0.750. The Balaban J connectivity index is 1.84. The highest BCUT2D eigenvalue weighted by Crippen LogP contribution is 2.14. The molecule has 2 aromatic heterocycles. The number of aryl methyl sites for hydroxylation is 2. The fraction of sp³-hybridized carbons (Fsp3) is 0.417. The third kappa shape index (κ3) is 3.89. The van der Waals surface area contributed by atoms with Crippen molar-refractivity contribution in [2.75, 3.05) is 0 Å². The highest BCUT2D eigenvalue weighted by molar-refractivity contribution is 7.09. The van der Waals surface area contributed by atoms with E-state index in [0.29, 0.717) is 6.04 Å². The van der Waals surface area contributed by atoms with Crippen molar-refractivity contribution >= 4 is 22.7 Å². The fourth-order valence-electron chi connectivity index (χ4n) is 1.77. The van der Waals surface area contributed by atoms with Gasteiger partial charge in [0.1, 0.15) is 0 Å². The Labute approximate surface area is 110 Å². The summed E-state index contributed by atoms with van der Waals surface area (Å²) < 4.78 is 0. The Bertz CT molecular complexity index is 436. The van der Waals surface area contributed by atoms with Gasteiger partial charge in [0, 0.05) is 17.8 Å². The van der Waals surface area contributed by atoms with E-state index in [1.807, 2.05) is 6.92 Å². The summed E-state index contributed by atoms with van der Waals surface area (Å²) in [7, 11) is 0. The van der Waals surface area contributed by atoms with Crippen LogP contribution in [-0.2, 0) is 12.8 Å². The minimum Gasteiger partial charge on any atom is -0.271 e. The van der Waals surface area contributed by atoms with Crippen molar-refractivity contribution in [2.24, 2.45) is 5.84 Å². The van der Waals surface area contributed by atoms with Gasteiger partial charge in [-0.2, -0.15) is 11.3 Å². The molecule has 0 aliphatic rings. The van der Waals surface area contributed by atoms with Crippen LogP contribution in [0.1, 0.15) is 22.7 Å². The molecule has 0 bridgehead atoms. The third-order valence-corrected chi connectivity index (χ3v) is 4.27. The van der Waals surface area contributed by atoms with Crippen LogP contribution in [0, 0.1) is 6.92 Å². The summed E-state index contributed by atoms with van der Waals surface area (Å²) in [6.07, 6.45) is 3.02. The molecule has 0 aliphatic carbocycles. The molecule has 0 saturated heterocycles. The first-order chi connectivity index (χ1) is 8.28. The molecule has 0 amide bonds. The lowest BCUT2D eigenvalue weighted by molar-refractivity contribution is 0.488. The lowest BCUT2D eigenvalue weighted by atomic mass is 10.0. The molecule has 3 nitrogen and oxygen atoms in total. The minimum atomic E-state index is 0.302. The van der Waals surface area contributed by atoms with Crippen LogP contribution in [0.15, 0.2) is 22.2 Å². The molecule has 3 N–H and O–H groups in total. The average Bonchev–Trinajstić information content (AvgIpc) is 2.96. The first-order valence-corrected chi connectivity index (χ1v) is 7.48. The topological polar surface area (TPSA) is 50.9 Å². The van der Waals surface area contributed by atoms with Crippen molar-refractivity contribution in [1.29, 1.82) is 0 Å². The van der Waals surface area contributed by atoms with Gasteiger partial charge < -0.3 is 0 Å². The zero-order valence-corrected chi connectivity index (χ0v) is 11.5. The second kappa shape index (κ2) is 6.26. The normalized spacial score (nSPS) is 12.8. The standard InChI is InChI=1S/C12H17N3S2/c1-9-14-12(8-17-9)6-11(15-13)3-2-10-4-5-16-7-10/h4-5,7-8,11,15H,2-3,6,13H2,1H3. The Morgan fingerprint density at radius 3 is 2.94 bits per heavy atom. The number of rotatable bonds is 6. The number of thiazole rings is 1. The molecule has 0 fully saturated rings. The summed E-state index contributed by atoms with van der Waals surface area (Å²) in [5.41, 5.74) is 5.42. The second-order valence-electron chi connectivity index (χ2n) is 4.10. The number of nitrogens with zero attached hydrogens (tertiary/aromatic N) is 1. The highest BCUT2D eigenvalue weighted by Gasteiger charge is 2.10. The van der Waals surface area contributed by atoms with E-state index in [4.69, 9.17) is 5.84 Å². The van der Waals surface area contributed by atoms with Gasteiger partial charge >= 0.3 is 0 Å². The maximum atomic E-state index is 5.60. The molecule has 92 valence electrons. The van der Waals surface area contributed by atoms with E-state index in [1.54, 1.807) is 22.7 Å². The lowest BCUT2D eigenvalue weighted by Gasteiger charge is -2.13. The smallest absolute Gasteiger partial charge is 0.0897 e. The average molecular weight is 267 g/mol. The number of hydrogen-bond donors (Lipinski definition) is 2. The SMILES string of the molecule is Cc1nc(CC(CCc2ccsc2)NN)cs1. The summed E-state index contributed by atoms with van der Waals surface area (Å²) in [6.45, 7) is 2.03. The largest absolute Gasteiger partial charge is 0.271 e. The van der Waals surface area contributed by atoms with E-state index in [9.17, 15) is 0 Å². The van der Waals surface area contributed by atoms with E-state index in [0.717, 1.165) is 30.0 Å². The summed E-state index contributed by atoms with van der Waals surface area (Å²) in [4.78, 5) is 4.47. The predicted octanol–water partition coefficient (Wildman–Crippen LogP) is 2.52. The molecule has 0 radical (unpaired) electrons. The zero-order chi connectivity index (χ0) is 12.1. The van der Waals surface area contributed by atoms with E-state index in [-0.39, 0.29) is 0 Å².